The second-order valence-corrected chi connectivity index (χ2v) is 9.91. The highest BCUT2D eigenvalue weighted by molar-refractivity contribution is 7.89. The summed E-state index contributed by atoms with van der Waals surface area (Å²) in [4.78, 5) is 14.9. The average Bonchev–Trinajstić information content (AvgIpc) is 3.10. The average molecular weight is 427 g/mol. The van der Waals surface area contributed by atoms with E-state index in [0.717, 1.165) is 16.5 Å². The van der Waals surface area contributed by atoms with Crippen LogP contribution in [0.25, 0.3) is 11.0 Å². The van der Waals surface area contributed by atoms with Crippen molar-refractivity contribution < 1.29 is 17.6 Å². The molecule has 0 unspecified atom stereocenters. The SMILES string of the molecule is Cc1c(C(=O)N2CCN(S(=O)(=O)c3ccc(C(C)C)cc3)CC2)oc2ccccc12. The lowest BCUT2D eigenvalue weighted by atomic mass is 10.0. The van der Waals surface area contributed by atoms with E-state index in [1.54, 1.807) is 17.0 Å². The predicted octanol–water partition coefficient (Wildman–Crippen LogP) is 4.01. The van der Waals surface area contributed by atoms with E-state index >= 15 is 0 Å². The van der Waals surface area contributed by atoms with Crippen LogP contribution in [-0.4, -0.2) is 49.7 Å². The molecule has 3 aromatic rings. The second-order valence-electron chi connectivity index (χ2n) is 7.97. The van der Waals surface area contributed by atoms with Crippen LogP contribution in [0.4, 0.5) is 0 Å². The van der Waals surface area contributed by atoms with Crippen molar-refractivity contribution in [1.29, 1.82) is 0 Å². The second kappa shape index (κ2) is 7.89. The van der Waals surface area contributed by atoms with Gasteiger partial charge in [-0.15, -0.1) is 0 Å². The fraction of sp³-hybridized carbons (Fsp3) is 0.348. The third-order valence-electron chi connectivity index (χ3n) is 5.75. The van der Waals surface area contributed by atoms with Crippen molar-refractivity contribution >= 4 is 26.9 Å². The molecule has 1 aliphatic rings. The zero-order valence-corrected chi connectivity index (χ0v) is 18.3. The standard InChI is InChI=1S/C23H26N2O4S/c1-16(2)18-8-10-19(11-9-18)30(27,28)25-14-12-24(13-15-25)23(26)22-17(3)20-6-4-5-7-21(20)29-22/h4-11,16H,12-15H2,1-3H3. The monoisotopic (exact) mass is 426 g/mol. The Morgan fingerprint density at radius 1 is 0.967 bits per heavy atom. The summed E-state index contributed by atoms with van der Waals surface area (Å²) in [6.07, 6.45) is 0. The van der Waals surface area contributed by atoms with Gasteiger partial charge in [-0.3, -0.25) is 4.79 Å². The Labute approximate surface area is 177 Å². The lowest BCUT2D eigenvalue weighted by Gasteiger charge is -2.33. The van der Waals surface area contributed by atoms with Gasteiger partial charge in [0.2, 0.25) is 10.0 Å². The van der Waals surface area contributed by atoms with Crippen LogP contribution in [0.3, 0.4) is 0 Å². The van der Waals surface area contributed by atoms with Crippen molar-refractivity contribution in [2.24, 2.45) is 0 Å². The zero-order chi connectivity index (χ0) is 21.5. The van der Waals surface area contributed by atoms with Gasteiger partial charge in [-0.1, -0.05) is 44.2 Å². The maximum absolute atomic E-state index is 13.0. The molecule has 0 atom stereocenters. The van der Waals surface area contributed by atoms with Gasteiger partial charge in [0.1, 0.15) is 5.58 Å². The number of aryl methyl sites for hydroxylation is 1. The highest BCUT2D eigenvalue weighted by Crippen LogP contribution is 2.27. The molecule has 1 aliphatic heterocycles. The quantitative estimate of drug-likeness (QED) is 0.632. The van der Waals surface area contributed by atoms with Gasteiger partial charge in [0.05, 0.1) is 4.90 Å². The van der Waals surface area contributed by atoms with Crippen LogP contribution in [0.2, 0.25) is 0 Å². The number of piperazine rings is 1. The lowest BCUT2D eigenvalue weighted by Crippen LogP contribution is -2.50. The molecule has 158 valence electrons. The number of amides is 1. The summed E-state index contributed by atoms with van der Waals surface area (Å²) in [5.74, 6) is 0.483. The van der Waals surface area contributed by atoms with E-state index in [0.29, 0.717) is 35.2 Å². The predicted molar refractivity (Wildman–Crippen MR) is 116 cm³/mol. The highest BCUT2D eigenvalue weighted by Gasteiger charge is 2.32. The minimum absolute atomic E-state index is 0.193. The van der Waals surface area contributed by atoms with Crippen LogP contribution in [0, 0.1) is 6.92 Å². The molecule has 7 heteroatoms. The van der Waals surface area contributed by atoms with Crippen LogP contribution < -0.4 is 0 Å². The van der Waals surface area contributed by atoms with Crippen molar-refractivity contribution in [3.05, 3.63) is 65.4 Å². The summed E-state index contributed by atoms with van der Waals surface area (Å²) in [5, 5.41) is 0.923. The van der Waals surface area contributed by atoms with Crippen LogP contribution in [0.15, 0.2) is 57.8 Å². The molecule has 1 aromatic heterocycles. The number of fused-ring (bicyclic) bond motifs is 1. The van der Waals surface area contributed by atoms with E-state index in [1.807, 2.05) is 43.3 Å². The van der Waals surface area contributed by atoms with Crippen molar-refractivity contribution in [3.63, 3.8) is 0 Å². The summed E-state index contributed by atoms with van der Waals surface area (Å²) < 4.78 is 33.2. The number of carbonyl (C=O) groups is 1. The number of sulfonamides is 1. The summed E-state index contributed by atoms with van der Waals surface area (Å²) in [6.45, 7) is 7.21. The summed E-state index contributed by atoms with van der Waals surface area (Å²) in [6, 6.07) is 14.6. The van der Waals surface area contributed by atoms with Gasteiger partial charge in [-0.25, -0.2) is 8.42 Å². The molecule has 0 saturated carbocycles. The van der Waals surface area contributed by atoms with Crippen LogP contribution in [0.1, 0.15) is 41.4 Å². The molecule has 1 fully saturated rings. The molecule has 0 N–H and O–H groups in total. The maximum Gasteiger partial charge on any atom is 0.289 e. The first-order valence-electron chi connectivity index (χ1n) is 10.2. The fourth-order valence-corrected chi connectivity index (χ4v) is 5.25. The number of rotatable bonds is 4. The summed E-state index contributed by atoms with van der Waals surface area (Å²) >= 11 is 0. The molecule has 0 bridgehead atoms. The molecule has 2 aromatic carbocycles. The molecule has 0 aliphatic carbocycles. The number of benzene rings is 2. The van der Waals surface area contributed by atoms with Gasteiger partial charge in [0.15, 0.2) is 5.76 Å². The van der Waals surface area contributed by atoms with Gasteiger partial charge >= 0.3 is 0 Å². The summed E-state index contributed by atoms with van der Waals surface area (Å²) in [5.41, 5.74) is 2.60. The van der Waals surface area contributed by atoms with Crippen LogP contribution >= 0.6 is 0 Å². The van der Waals surface area contributed by atoms with Gasteiger partial charge in [-0.2, -0.15) is 4.31 Å². The molecule has 0 radical (unpaired) electrons. The van der Waals surface area contributed by atoms with E-state index in [4.69, 9.17) is 4.42 Å². The first-order chi connectivity index (χ1) is 14.3. The lowest BCUT2D eigenvalue weighted by molar-refractivity contribution is 0.0667. The minimum Gasteiger partial charge on any atom is -0.451 e. The molecule has 2 heterocycles. The molecule has 6 nitrogen and oxygen atoms in total. The van der Waals surface area contributed by atoms with Crippen molar-refractivity contribution in [3.8, 4) is 0 Å². The van der Waals surface area contributed by atoms with Crippen molar-refractivity contribution in [2.75, 3.05) is 26.2 Å². The smallest absolute Gasteiger partial charge is 0.289 e. The molecule has 30 heavy (non-hydrogen) atoms. The Balaban J connectivity index is 1.47. The largest absolute Gasteiger partial charge is 0.451 e. The van der Waals surface area contributed by atoms with Crippen molar-refractivity contribution in [2.45, 2.75) is 31.6 Å². The Morgan fingerprint density at radius 2 is 1.60 bits per heavy atom. The Bertz CT molecular complexity index is 1170. The normalized spacial score (nSPS) is 15.8. The molecule has 1 saturated heterocycles. The third-order valence-corrected chi connectivity index (χ3v) is 7.66. The van der Waals surface area contributed by atoms with E-state index in [2.05, 4.69) is 13.8 Å². The van der Waals surface area contributed by atoms with E-state index in [9.17, 15) is 13.2 Å². The van der Waals surface area contributed by atoms with Crippen LogP contribution in [0.5, 0.6) is 0 Å². The topological polar surface area (TPSA) is 70.8 Å². The molecular formula is C23H26N2O4S. The Kier molecular flexibility index (Phi) is 5.42. The number of hydrogen-bond donors (Lipinski definition) is 0. The maximum atomic E-state index is 13.0. The van der Waals surface area contributed by atoms with Crippen molar-refractivity contribution in [1.82, 2.24) is 9.21 Å². The van der Waals surface area contributed by atoms with Gasteiger partial charge in [0, 0.05) is 37.1 Å². The number of nitrogens with zero attached hydrogens (tertiary/aromatic N) is 2. The molecule has 0 spiro atoms. The Morgan fingerprint density at radius 3 is 2.20 bits per heavy atom. The van der Waals surface area contributed by atoms with Gasteiger partial charge in [0.25, 0.3) is 5.91 Å². The number of para-hydroxylation sites is 1. The van der Waals surface area contributed by atoms with E-state index in [1.165, 1.54) is 4.31 Å². The van der Waals surface area contributed by atoms with Gasteiger partial charge in [-0.05, 0) is 36.6 Å². The molecule has 1 amide bonds. The first kappa shape index (κ1) is 20.6. The highest BCUT2D eigenvalue weighted by atomic mass is 32.2. The Hall–Kier alpha value is -2.64. The number of carbonyl (C=O) groups excluding carboxylic acids is 1. The number of furan rings is 1. The molecular weight excluding hydrogens is 400 g/mol. The summed E-state index contributed by atoms with van der Waals surface area (Å²) in [7, 11) is -3.58. The number of hydrogen-bond acceptors (Lipinski definition) is 4. The molecule has 4 rings (SSSR count). The minimum atomic E-state index is -3.58. The zero-order valence-electron chi connectivity index (χ0n) is 17.5. The van der Waals surface area contributed by atoms with E-state index in [-0.39, 0.29) is 19.0 Å². The first-order valence-corrected chi connectivity index (χ1v) is 11.6. The fourth-order valence-electron chi connectivity index (χ4n) is 3.83. The van der Waals surface area contributed by atoms with Gasteiger partial charge < -0.3 is 9.32 Å². The van der Waals surface area contributed by atoms with Crippen LogP contribution in [-0.2, 0) is 10.0 Å². The third kappa shape index (κ3) is 3.63. The van der Waals surface area contributed by atoms with E-state index < -0.39 is 10.0 Å².